The lowest BCUT2D eigenvalue weighted by molar-refractivity contribution is 0.0977. The van der Waals surface area contributed by atoms with Crippen molar-refractivity contribution in [2.75, 3.05) is 0 Å². The first kappa shape index (κ1) is 22.3. The number of H-pyrrole nitrogens is 1. The summed E-state index contributed by atoms with van der Waals surface area (Å²) < 4.78 is 38.2. The van der Waals surface area contributed by atoms with Crippen molar-refractivity contribution in [2.24, 2.45) is 0 Å². The van der Waals surface area contributed by atoms with E-state index >= 15 is 0 Å². The number of amides is 1. The molecule has 11 heteroatoms. The zero-order valence-corrected chi connectivity index (χ0v) is 19.5. The Morgan fingerprint density at radius 1 is 1.00 bits per heavy atom. The van der Waals surface area contributed by atoms with Gasteiger partial charge in [-0.1, -0.05) is 40.5 Å². The Balaban J connectivity index is 1.33. The summed E-state index contributed by atoms with van der Waals surface area (Å²) >= 11 is 11.9. The normalized spacial score (nSPS) is 11.7. The van der Waals surface area contributed by atoms with Crippen LogP contribution >= 0.6 is 23.2 Å². The molecule has 0 spiro atoms. The molecule has 2 aromatic heterocycles. The Kier molecular flexibility index (Phi) is 5.68. The number of rotatable bonds is 6. The molecule has 2 heterocycles. The first-order valence-electron chi connectivity index (χ1n) is 9.91. The third kappa shape index (κ3) is 4.58. The second-order valence-electron chi connectivity index (χ2n) is 7.43. The van der Waals surface area contributed by atoms with Crippen LogP contribution in [0.15, 0.2) is 71.3 Å². The summed E-state index contributed by atoms with van der Waals surface area (Å²) in [5, 5.41) is 5.81. The van der Waals surface area contributed by atoms with Crippen LogP contribution in [0.2, 0.25) is 10.0 Å². The predicted octanol–water partition coefficient (Wildman–Crippen LogP) is 5.67. The molecule has 0 saturated heterocycles. The van der Waals surface area contributed by atoms with Crippen LogP contribution < -0.4 is 9.46 Å². The second-order valence-corrected chi connectivity index (χ2v) is 9.96. The van der Waals surface area contributed by atoms with E-state index in [2.05, 4.69) is 14.9 Å². The second kappa shape index (κ2) is 8.68. The van der Waals surface area contributed by atoms with Gasteiger partial charge in [0.25, 0.3) is 5.91 Å². The van der Waals surface area contributed by atoms with Gasteiger partial charge in [-0.15, -0.1) is 0 Å². The van der Waals surface area contributed by atoms with Gasteiger partial charge in [-0.25, -0.2) is 13.1 Å². The van der Waals surface area contributed by atoms with Gasteiger partial charge < -0.3 is 14.2 Å². The lowest BCUT2D eigenvalue weighted by Gasteiger charge is -2.06. The molecule has 0 aliphatic rings. The van der Waals surface area contributed by atoms with Crippen molar-refractivity contribution in [3.8, 4) is 11.5 Å². The molecule has 0 radical (unpaired) electrons. The maximum Gasteiger partial charge on any atom is 0.281 e. The molecule has 172 valence electrons. The highest BCUT2D eigenvalue weighted by Gasteiger charge is 2.22. The number of nitrogens with one attached hydrogen (secondary N) is 2. The molecular formula is C23H15Cl2N3O5S. The number of aromatic nitrogens is 2. The highest BCUT2D eigenvalue weighted by molar-refractivity contribution is 7.89. The lowest BCUT2D eigenvalue weighted by atomic mass is 10.2. The van der Waals surface area contributed by atoms with Gasteiger partial charge in [-0.2, -0.15) is 0 Å². The molecule has 0 bridgehead atoms. The Bertz CT molecular complexity index is 1660. The van der Waals surface area contributed by atoms with Crippen molar-refractivity contribution in [1.29, 1.82) is 0 Å². The molecule has 0 aliphatic heterocycles. The number of hydrogen-bond acceptors (Lipinski definition) is 6. The van der Waals surface area contributed by atoms with Crippen LogP contribution in [0, 0.1) is 0 Å². The minimum atomic E-state index is -4.03. The summed E-state index contributed by atoms with van der Waals surface area (Å²) in [6, 6.07) is 18.4. The summed E-state index contributed by atoms with van der Waals surface area (Å²) in [5.41, 5.74) is 1.40. The molecule has 0 fully saturated rings. The van der Waals surface area contributed by atoms with Crippen LogP contribution in [0.4, 0.5) is 0 Å². The van der Waals surface area contributed by atoms with Crippen LogP contribution in [0.1, 0.15) is 16.2 Å². The van der Waals surface area contributed by atoms with Crippen molar-refractivity contribution in [2.45, 2.75) is 5.75 Å². The minimum Gasteiger partial charge on any atom is -0.457 e. The third-order valence-electron chi connectivity index (χ3n) is 4.99. The standard InChI is InChI=1S/C23H15Cl2N3O5S/c24-17-7-5-15(11-18(17)25)32-14-6-8-19-13(9-14)10-20(26-19)23(29)28-34(30,31)12-21-16-3-1-2-4-22(16)33-27-21/h1-11,26H,12H2,(H,28,29). The number of para-hydroxylation sites is 1. The number of nitrogens with zero attached hydrogens (tertiary/aromatic N) is 1. The van der Waals surface area contributed by atoms with Crippen LogP contribution in [0.3, 0.4) is 0 Å². The van der Waals surface area contributed by atoms with E-state index in [1.165, 1.54) is 6.07 Å². The molecule has 5 rings (SSSR count). The van der Waals surface area contributed by atoms with Gasteiger partial charge in [0.15, 0.2) is 5.58 Å². The SMILES string of the molecule is O=C(NS(=O)(=O)Cc1noc2ccccc12)c1cc2cc(Oc3ccc(Cl)c(Cl)c3)ccc2[nH]1. The van der Waals surface area contributed by atoms with E-state index in [4.69, 9.17) is 32.5 Å². The molecule has 0 saturated carbocycles. The third-order valence-corrected chi connectivity index (χ3v) is 6.88. The number of halogens is 2. The molecule has 0 aliphatic carbocycles. The van der Waals surface area contributed by atoms with Crippen molar-refractivity contribution in [3.63, 3.8) is 0 Å². The lowest BCUT2D eigenvalue weighted by Crippen LogP contribution is -2.31. The fourth-order valence-electron chi connectivity index (χ4n) is 3.43. The van der Waals surface area contributed by atoms with E-state index in [1.54, 1.807) is 60.7 Å². The molecular weight excluding hydrogens is 501 g/mol. The van der Waals surface area contributed by atoms with Crippen LogP contribution in [-0.4, -0.2) is 24.5 Å². The monoisotopic (exact) mass is 515 g/mol. The maximum atomic E-state index is 12.6. The van der Waals surface area contributed by atoms with Gasteiger partial charge >= 0.3 is 0 Å². The largest absolute Gasteiger partial charge is 0.457 e. The fraction of sp³-hybridized carbons (Fsp3) is 0.0435. The number of carbonyl (C=O) groups is 1. The number of benzene rings is 3. The fourth-order valence-corrected chi connectivity index (χ4v) is 4.75. The Morgan fingerprint density at radius 3 is 2.59 bits per heavy atom. The quantitative estimate of drug-likeness (QED) is 0.301. The van der Waals surface area contributed by atoms with Crippen LogP contribution in [0.5, 0.6) is 11.5 Å². The number of carbonyl (C=O) groups excluding carboxylic acids is 1. The van der Waals surface area contributed by atoms with E-state index < -0.39 is 21.7 Å². The molecule has 2 N–H and O–H groups in total. The molecule has 8 nitrogen and oxygen atoms in total. The molecule has 34 heavy (non-hydrogen) atoms. The van der Waals surface area contributed by atoms with Crippen molar-refractivity contribution >= 4 is 61.0 Å². The Labute approximate surface area is 203 Å². The van der Waals surface area contributed by atoms with Crippen molar-refractivity contribution in [1.82, 2.24) is 14.9 Å². The number of hydrogen-bond donors (Lipinski definition) is 2. The zero-order chi connectivity index (χ0) is 23.9. The molecule has 0 atom stereocenters. The molecule has 1 amide bonds. The maximum absolute atomic E-state index is 12.6. The van der Waals surface area contributed by atoms with Gasteiger partial charge in [0.05, 0.1) is 10.0 Å². The summed E-state index contributed by atoms with van der Waals surface area (Å²) in [4.78, 5) is 15.6. The molecule has 3 aromatic carbocycles. The van der Waals surface area contributed by atoms with Crippen molar-refractivity contribution in [3.05, 3.63) is 88.2 Å². The van der Waals surface area contributed by atoms with Crippen molar-refractivity contribution < 1.29 is 22.5 Å². The van der Waals surface area contributed by atoms with E-state index in [0.717, 1.165) is 0 Å². The van der Waals surface area contributed by atoms with Gasteiger partial charge in [0.1, 0.15) is 28.6 Å². The smallest absolute Gasteiger partial charge is 0.281 e. The van der Waals surface area contributed by atoms with Crippen LogP contribution in [-0.2, 0) is 15.8 Å². The molecule has 5 aromatic rings. The van der Waals surface area contributed by atoms with Gasteiger partial charge in [-0.05, 0) is 48.5 Å². The average Bonchev–Trinajstić information content (AvgIpc) is 3.40. The predicted molar refractivity (Wildman–Crippen MR) is 129 cm³/mol. The minimum absolute atomic E-state index is 0.0790. The summed E-state index contributed by atoms with van der Waals surface area (Å²) in [6.45, 7) is 0. The number of ether oxygens (including phenoxy) is 1. The van der Waals surface area contributed by atoms with Gasteiger partial charge in [0, 0.05) is 22.4 Å². The summed E-state index contributed by atoms with van der Waals surface area (Å²) in [6.07, 6.45) is 0. The van der Waals surface area contributed by atoms with Gasteiger partial charge in [-0.3, -0.25) is 4.79 Å². The number of sulfonamides is 1. The zero-order valence-electron chi connectivity index (χ0n) is 17.2. The van der Waals surface area contributed by atoms with E-state index in [9.17, 15) is 13.2 Å². The number of fused-ring (bicyclic) bond motifs is 2. The van der Waals surface area contributed by atoms with E-state index in [-0.39, 0.29) is 11.4 Å². The highest BCUT2D eigenvalue weighted by atomic mass is 35.5. The van der Waals surface area contributed by atoms with Gasteiger partial charge in [0.2, 0.25) is 10.0 Å². The topological polar surface area (TPSA) is 114 Å². The highest BCUT2D eigenvalue weighted by Crippen LogP contribution is 2.31. The first-order chi connectivity index (χ1) is 16.3. The van der Waals surface area contributed by atoms with E-state index in [0.29, 0.717) is 43.4 Å². The summed E-state index contributed by atoms with van der Waals surface area (Å²) in [5.74, 6) is -0.301. The first-order valence-corrected chi connectivity index (χ1v) is 12.3. The van der Waals surface area contributed by atoms with Crippen LogP contribution in [0.25, 0.3) is 21.9 Å². The Hall–Kier alpha value is -3.53. The number of aromatic amines is 1. The van der Waals surface area contributed by atoms with E-state index in [1.807, 2.05) is 0 Å². The summed E-state index contributed by atoms with van der Waals surface area (Å²) in [7, 11) is -4.03. The Morgan fingerprint density at radius 2 is 1.76 bits per heavy atom. The molecule has 0 unspecified atom stereocenters. The average molecular weight is 516 g/mol.